The molecule has 1 N–H and O–H groups in total. The van der Waals surface area contributed by atoms with E-state index in [0.29, 0.717) is 13.2 Å². The summed E-state index contributed by atoms with van der Waals surface area (Å²) >= 11 is 0. The normalized spacial score (nSPS) is 39.4. The van der Waals surface area contributed by atoms with Gasteiger partial charge in [0.25, 0.3) is 5.97 Å². The number of unbranched alkanes of at least 4 members (excludes halogenated alkanes) is 2. The lowest BCUT2D eigenvalue weighted by atomic mass is 9.79. The van der Waals surface area contributed by atoms with Gasteiger partial charge in [0.2, 0.25) is 0 Å². The zero-order chi connectivity index (χ0) is 17.1. The molecule has 1 heterocycles. The van der Waals surface area contributed by atoms with Crippen molar-refractivity contribution in [3.8, 4) is 0 Å². The van der Waals surface area contributed by atoms with Gasteiger partial charge in [0, 0.05) is 11.3 Å². The second kappa shape index (κ2) is 7.28. The molecule has 23 heavy (non-hydrogen) atoms. The number of alkyl halides is 3. The average molecular weight is 338 g/mol. The van der Waals surface area contributed by atoms with Crippen molar-refractivity contribution < 1.29 is 27.8 Å². The van der Waals surface area contributed by atoms with Crippen LogP contribution >= 0.6 is 0 Å². The van der Waals surface area contributed by atoms with E-state index in [9.17, 15) is 18.3 Å². The SMILES string of the molecule is CCCCCC1(C)COC(O)(C2CCC(C(F)(F)F)CC2)OC1. The summed E-state index contributed by atoms with van der Waals surface area (Å²) in [7, 11) is 0. The molecule has 0 spiro atoms. The highest BCUT2D eigenvalue weighted by Gasteiger charge is 2.50. The minimum absolute atomic E-state index is 0.0387. The van der Waals surface area contributed by atoms with Crippen LogP contribution in [0.2, 0.25) is 0 Å². The molecule has 0 bridgehead atoms. The number of ether oxygens (including phenoxy) is 2. The van der Waals surface area contributed by atoms with Crippen molar-refractivity contribution in [3.05, 3.63) is 0 Å². The van der Waals surface area contributed by atoms with Gasteiger partial charge < -0.3 is 14.6 Å². The summed E-state index contributed by atoms with van der Waals surface area (Å²) in [4.78, 5) is 0. The molecule has 0 amide bonds. The van der Waals surface area contributed by atoms with Crippen molar-refractivity contribution in [3.63, 3.8) is 0 Å². The molecule has 1 saturated heterocycles. The van der Waals surface area contributed by atoms with Crippen LogP contribution in [0.5, 0.6) is 0 Å². The van der Waals surface area contributed by atoms with Crippen molar-refractivity contribution >= 4 is 0 Å². The second-order valence-corrected chi connectivity index (χ2v) is 7.57. The van der Waals surface area contributed by atoms with Gasteiger partial charge in [-0.2, -0.15) is 13.2 Å². The van der Waals surface area contributed by atoms with Crippen molar-refractivity contribution in [2.75, 3.05) is 13.2 Å². The van der Waals surface area contributed by atoms with E-state index in [0.717, 1.165) is 25.7 Å². The first kappa shape index (κ1) is 19.0. The third-order valence-electron chi connectivity index (χ3n) is 5.34. The van der Waals surface area contributed by atoms with Gasteiger partial charge in [-0.3, -0.25) is 0 Å². The van der Waals surface area contributed by atoms with Gasteiger partial charge in [0.1, 0.15) is 0 Å². The van der Waals surface area contributed by atoms with Gasteiger partial charge in [-0.05, 0) is 32.1 Å². The van der Waals surface area contributed by atoms with Gasteiger partial charge >= 0.3 is 6.18 Å². The summed E-state index contributed by atoms with van der Waals surface area (Å²) in [6, 6.07) is 0. The third kappa shape index (κ3) is 4.83. The lowest BCUT2D eigenvalue weighted by molar-refractivity contribution is -0.428. The van der Waals surface area contributed by atoms with Gasteiger partial charge in [-0.25, -0.2) is 0 Å². The van der Waals surface area contributed by atoms with Crippen molar-refractivity contribution in [1.29, 1.82) is 0 Å². The average Bonchev–Trinajstić information content (AvgIpc) is 2.50. The second-order valence-electron chi connectivity index (χ2n) is 7.57. The first-order valence-corrected chi connectivity index (χ1v) is 8.75. The molecule has 0 aromatic rings. The van der Waals surface area contributed by atoms with Gasteiger partial charge in [0.15, 0.2) is 0 Å². The van der Waals surface area contributed by atoms with E-state index in [1.165, 1.54) is 0 Å². The molecule has 0 aromatic heterocycles. The first-order valence-electron chi connectivity index (χ1n) is 8.75. The highest BCUT2D eigenvalue weighted by Crippen LogP contribution is 2.45. The van der Waals surface area contributed by atoms with E-state index >= 15 is 0 Å². The van der Waals surface area contributed by atoms with Crippen molar-refractivity contribution in [1.82, 2.24) is 0 Å². The molecule has 2 aliphatic rings. The molecule has 1 aliphatic heterocycles. The Kier molecular flexibility index (Phi) is 6.01. The molecular weight excluding hydrogens is 309 g/mol. The highest BCUT2D eigenvalue weighted by molar-refractivity contribution is 4.85. The molecule has 136 valence electrons. The van der Waals surface area contributed by atoms with Crippen LogP contribution in [0.15, 0.2) is 0 Å². The fraction of sp³-hybridized carbons (Fsp3) is 1.00. The van der Waals surface area contributed by atoms with Crippen LogP contribution in [0.4, 0.5) is 13.2 Å². The van der Waals surface area contributed by atoms with Crippen molar-refractivity contribution in [2.24, 2.45) is 17.3 Å². The van der Waals surface area contributed by atoms with Gasteiger partial charge in [0.05, 0.1) is 19.1 Å². The summed E-state index contributed by atoms with van der Waals surface area (Å²) in [5.41, 5.74) is -0.120. The van der Waals surface area contributed by atoms with Gasteiger partial charge in [-0.1, -0.05) is 33.1 Å². The quantitative estimate of drug-likeness (QED) is 0.743. The molecule has 2 fully saturated rings. The van der Waals surface area contributed by atoms with E-state index < -0.39 is 18.1 Å². The molecule has 0 unspecified atom stereocenters. The molecule has 1 saturated carbocycles. The maximum Gasteiger partial charge on any atom is 0.391 e. The van der Waals surface area contributed by atoms with Crippen LogP contribution in [-0.4, -0.2) is 30.5 Å². The number of aliphatic hydroxyl groups is 1. The zero-order valence-electron chi connectivity index (χ0n) is 14.1. The van der Waals surface area contributed by atoms with Gasteiger partial charge in [-0.15, -0.1) is 0 Å². The minimum Gasteiger partial charge on any atom is -0.343 e. The number of rotatable bonds is 5. The topological polar surface area (TPSA) is 38.7 Å². The predicted molar refractivity (Wildman–Crippen MR) is 80.6 cm³/mol. The molecule has 0 aromatic carbocycles. The van der Waals surface area contributed by atoms with Crippen LogP contribution in [0.25, 0.3) is 0 Å². The molecule has 0 atom stereocenters. The maximum absolute atomic E-state index is 12.7. The van der Waals surface area contributed by atoms with E-state index in [2.05, 4.69) is 13.8 Å². The summed E-state index contributed by atoms with van der Waals surface area (Å²) in [6.45, 7) is 5.01. The monoisotopic (exact) mass is 338 g/mol. The molecule has 2 rings (SSSR count). The molecule has 0 radical (unpaired) electrons. The van der Waals surface area contributed by atoms with Crippen LogP contribution in [0, 0.1) is 17.3 Å². The smallest absolute Gasteiger partial charge is 0.343 e. The predicted octanol–water partition coefficient (Wildman–Crippen LogP) is 4.63. The standard InChI is InChI=1S/C17H29F3O3/c1-3-4-5-10-15(2)11-22-17(21,23-12-15)14-8-6-13(7-9-14)16(18,19)20/h13-14,21H,3-12H2,1-2H3. The largest absolute Gasteiger partial charge is 0.391 e. The zero-order valence-corrected chi connectivity index (χ0v) is 14.1. The first-order chi connectivity index (χ1) is 10.7. The Bertz CT molecular complexity index is 368. The van der Waals surface area contributed by atoms with E-state index in [4.69, 9.17) is 9.47 Å². The Balaban J connectivity index is 1.83. The molecule has 6 heteroatoms. The highest BCUT2D eigenvalue weighted by atomic mass is 19.4. The maximum atomic E-state index is 12.7. The van der Waals surface area contributed by atoms with E-state index in [1.807, 2.05) is 0 Å². The minimum atomic E-state index is -4.14. The van der Waals surface area contributed by atoms with Crippen LogP contribution in [0.3, 0.4) is 0 Å². The Hall–Kier alpha value is -0.330. The summed E-state index contributed by atoms with van der Waals surface area (Å²) in [5, 5.41) is 10.6. The lowest BCUT2D eigenvalue weighted by Crippen LogP contribution is -2.53. The van der Waals surface area contributed by atoms with Crippen LogP contribution in [-0.2, 0) is 9.47 Å². The fourth-order valence-corrected chi connectivity index (χ4v) is 3.61. The summed E-state index contributed by atoms with van der Waals surface area (Å²) in [6.07, 6.45) is 0.867. The van der Waals surface area contributed by atoms with Crippen molar-refractivity contribution in [2.45, 2.75) is 77.4 Å². The number of hydrogen-bond donors (Lipinski definition) is 1. The van der Waals surface area contributed by atoms with E-state index in [1.54, 1.807) is 0 Å². The molecule has 1 aliphatic carbocycles. The summed E-state index contributed by atoms with van der Waals surface area (Å²) in [5.74, 6) is -3.34. The Morgan fingerprint density at radius 2 is 1.61 bits per heavy atom. The summed E-state index contributed by atoms with van der Waals surface area (Å²) < 4.78 is 49.4. The number of halogens is 3. The Labute approximate surface area is 136 Å². The third-order valence-corrected chi connectivity index (χ3v) is 5.34. The Morgan fingerprint density at radius 3 is 2.09 bits per heavy atom. The fourth-order valence-electron chi connectivity index (χ4n) is 3.61. The molecule has 3 nitrogen and oxygen atoms in total. The molecular formula is C17H29F3O3. The van der Waals surface area contributed by atoms with E-state index in [-0.39, 0.29) is 37.0 Å². The van der Waals surface area contributed by atoms with Crippen LogP contribution in [0.1, 0.15) is 65.2 Å². The lowest BCUT2D eigenvalue weighted by Gasteiger charge is -2.46. The van der Waals surface area contributed by atoms with Crippen LogP contribution < -0.4 is 0 Å². The number of hydrogen-bond acceptors (Lipinski definition) is 3. The Morgan fingerprint density at radius 1 is 1.04 bits per heavy atom.